The quantitative estimate of drug-likeness (QED) is 0.521. The van der Waals surface area contributed by atoms with Gasteiger partial charge in [-0.3, -0.25) is 0 Å². The summed E-state index contributed by atoms with van der Waals surface area (Å²) in [4.78, 5) is 17.1. The van der Waals surface area contributed by atoms with Crippen molar-refractivity contribution in [2.45, 2.75) is 6.42 Å². The second kappa shape index (κ2) is 14.1. The van der Waals surface area contributed by atoms with Crippen molar-refractivity contribution in [3.63, 3.8) is 0 Å². The average Bonchev–Trinajstić information content (AvgIpc) is 2.35. The van der Waals surface area contributed by atoms with Crippen LogP contribution in [0.4, 0.5) is 9.59 Å². The number of allylic oxidation sites excluding steroid dienone is 4. The van der Waals surface area contributed by atoms with E-state index in [9.17, 15) is 0 Å². The van der Waals surface area contributed by atoms with E-state index in [1.807, 2.05) is 0 Å². The van der Waals surface area contributed by atoms with Crippen LogP contribution in [-0.4, -0.2) is 32.7 Å². The van der Waals surface area contributed by atoms with Crippen LogP contribution in [0.5, 0.6) is 0 Å². The van der Waals surface area contributed by atoms with Gasteiger partial charge in [-0.1, -0.05) is 24.3 Å². The Kier molecular flexibility index (Phi) is 18.4. The SMILES string of the molecule is C1=CCC=C1.O=C(O)O.O=C(O)O.[Co]. The number of hydrogen-bond acceptors (Lipinski definition) is 2. The molecule has 0 heterocycles. The minimum atomic E-state index is -1.83. The van der Waals surface area contributed by atoms with Crippen molar-refractivity contribution >= 4 is 12.3 Å². The monoisotopic (exact) mass is 249 g/mol. The third-order valence-electron chi connectivity index (χ3n) is 0.655. The molecule has 0 aromatic rings. The van der Waals surface area contributed by atoms with Gasteiger partial charge >= 0.3 is 12.3 Å². The molecule has 7 heteroatoms. The van der Waals surface area contributed by atoms with Crippen LogP contribution in [0.1, 0.15) is 6.42 Å². The van der Waals surface area contributed by atoms with Crippen LogP contribution in [0.2, 0.25) is 0 Å². The molecule has 1 aliphatic carbocycles. The molecule has 0 amide bonds. The molecule has 1 aliphatic rings. The molecule has 1 rings (SSSR count). The van der Waals surface area contributed by atoms with Crippen LogP contribution >= 0.6 is 0 Å². The van der Waals surface area contributed by atoms with Crippen LogP contribution in [-0.2, 0) is 16.8 Å². The molecule has 0 unspecified atom stereocenters. The molecule has 0 aromatic heterocycles. The molecule has 14 heavy (non-hydrogen) atoms. The Morgan fingerprint density at radius 1 is 0.857 bits per heavy atom. The number of hydrogen-bond donors (Lipinski definition) is 4. The third kappa shape index (κ3) is 76.8. The first-order valence-electron chi connectivity index (χ1n) is 3.12. The van der Waals surface area contributed by atoms with E-state index >= 15 is 0 Å². The molecule has 0 aromatic carbocycles. The molecule has 0 spiro atoms. The third-order valence-corrected chi connectivity index (χ3v) is 0.655. The Balaban J connectivity index is -0.000000127. The summed E-state index contributed by atoms with van der Waals surface area (Å²) in [6, 6.07) is 0. The molecule has 0 fully saturated rings. The number of carbonyl (C=O) groups is 2. The van der Waals surface area contributed by atoms with Crippen molar-refractivity contribution in [1.29, 1.82) is 0 Å². The molecule has 0 saturated heterocycles. The molecule has 0 atom stereocenters. The van der Waals surface area contributed by atoms with Gasteiger partial charge in [0.05, 0.1) is 0 Å². The second-order valence-corrected chi connectivity index (χ2v) is 1.66. The van der Waals surface area contributed by atoms with E-state index in [-0.39, 0.29) is 16.8 Å². The van der Waals surface area contributed by atoms with Crippen LogP contribution in [0.15, 0.2) is 24.3 Å². The summed E-state index contributed by atoms with van der Waals surface area (Å²) in [5.41, 5.74) is 0. The van der Waals surface area contributed by atoms with E-state index < -0.39 is 12.3 Å². The predicted octanol–water partition coefficient (Wildman–Crippen LogP) is 1.94. The molecule has 1 radical (unpaired) electrons. The van der Waals surface area contributed by atoms with Gasteiger partial charge in [-0.2, -0.15) is 0 Å². The zero-order valence-electron chi connectivity index (χ0n) is 6.96. The van der Waals surface area contributed by atoms with Crippen molar-refractivity contribution in [3.05, 3.63) is 24.3 Å². The molecule has 0 bridgehead atoms. The number of carboxylic acid groups (broad SMARTS) is 4. The van der Waals surface area contributed by atoms with Gasteiger partial charge in [0.2, 0.25) is 0 Å². The normalized spacial score (nSPS) is 9.71. The first kappa shape index (κ1) is 18.3. The van der Waals surface area contributed by atoms with Gasteiger partial charge in [-0.15, -0.1) is 0 Å². The summed E-state index contributed by atoms with van der Waals surface area (Å²) in [6.45, 7) is 0. The van der Waals surface area contributed by atoms with Gasteiger partial charge in [-0.05, 0) is 6.42 Å². The topological polar surface area (TPSA) is 115 Å². The van der Waals surface area contributed by atoms with Gasteiger partial charge in [-0.25, -0.2) is 9.59 Å². The fourth-order valence-corrected chi connectivity index (χ4v) is 0.393. The maximum Gasteiger partial charge on any atom is 0.503 e. The summed E-state index contributed by atoms with van der Waals surface area (Å²) in [5.74, 6) is 0. The molecule has 6 nitrogen and oxygen atoms in total. The predicted molar refractivity (Wildman–Crippen MR) is 44.2 cm³/mol. The van der Waals surface area contributed by atoms with Gasteiger partial charge < -0.3 is 20.4 Å². The Morgan fingerprint density at radius 3 is 1.14 bits per heavy atom. The van der Waals surface area contributed by atoms with E-state index in [0.717, 1.165) is 6.42 Å². The molecular weight excluding hydrogens is 239 g/mol. The van der Waals surface area contributed by atoms with Crippen LogP contribution in [0, 0.1) is 0 Å². The Bertz CT molecular complexity index is 180. The van der Waals surface area contributed by atoms with E-state index in [2.05, 4.69) is 24.3 Å². The minimum Gasteiger partial charge on any atom is -0.450 e. The van der Waals surface area contributed by atoms with E-state index in [4.69, 9.17) is 30.0 Å². The zero-order valence-corrected chi connectivity index (χ0v) is 8.00. The largest absolute Gasteiger partial charge is 0.503 e. The van der Waals surface area contributed by atoms with E-state index in [1.54, 1.807) is 0 Å². The molecule has 83 valence electrons. The first-order chi connectivity index (χ1) is 5.96. The fourth-order valence-electron chi connectivity index (χ4n) is 0.393. The van der Waals surface area contributed by atoms with E-state index in [0.29, 0.717) is 0 Å². The smallest absolute Gasteiger partial charge is 0.450 e. The van der Waals surface area contributed by atoms with Crippen molar-refractivity contribution in [3.8, 4) is 0 Å². The van der Waals surface area contributed by atoms with E-state index in [1.165, 1.54) is 0 Å². The Labute approximate surface area is 90.4 Å². The van der Waals surface area contributed by atoms with Crippen molar-refractivity contribution in [1.82, 2.24) is 0 Å². The molecular formula is C7H10CoO6. The summed E-state index contributed by atoms with van der Waals surface area (Å²) in [5, 5.41) is 27.9. The minimum absolute atomic E-state index is 0. The van der Waals surface area contributed by atoms with Crippen LogP contribution in [0.3, 0.4) is 0 Å². The van der Waals surface area contributed by atoms with Crippen molar-refractivity contribution < 1.29 is 46.8 Å². The van der Waals surface area contributed by atoms with Crippen molar-refractivity contribution in [2.75, 3.05) is 0 Å². The van der Waals surface area contributed by atoms with Gasteiger partial charge in [0, 0.05) is 16.8 Å². The maximum absolute atomic E-state index is 8.56. The molecule has 4 N–H and O–H groups in total. The van der Waals surface area contributed by atoms with Crippen molar-refractivity contribution in [2.24, 2.45) is 0 Å². The Hall–Kier alpha value is -1.47. The fraction of sp³-hybridized carbons (Fsp3) is 0.143. The van der Waals surface area contributed by atoms with Gasteiger partial charge in [0.1, 0.15) is 0 Å². The summed E-state index contributed by atoms with van der Waals surface area (Å²) >= 11 is 0. The number of rotatable bonds is 0. The summed E-state index contributed by atoms with van der Waals surface area (Å²) in [6.07, 6.45) is 5.83. The van der Waals surface area contributed by atoms with Crippen LogP contribution < -0.4 is 0 Å². The standard InChI is InChI=1S/C5H6.2CH2O3.Co/c1-2-4-5-3-1;2*2-1(3)4;/h1-4H,5H2;2*(H2,2,3,4);. The van der Waals surface area contributed by atoms with Crippen LogP contribution in [0.25, 0.3) is 0 Å². The zero-order chi connectivity index (χ0) is 10.7. The second-order valence-electron chi connectivity index (χ2n) is 1.66. The molecule has 0 aliphatic heterocycles. The molecule has 0 saturated carbocycles. The van der Waals surface area contributed by atoms with Gasteiger partial charge in [0.25, 0.3) is 0 Å². The summed E-state index contributed by atoms with van der Waals surface area (Å²) in [7, 11) is 0. The maximum atomic E-state index is 8.56. The average molecular weight is 249 g/mol. The van der Waals surface area contributed by atoms with Gasteiger partial charge in [0.15, 0.2) is 0 Å². The summed E-state index contributed by atoms with van der Waals surface area (Å²) < 4.78 is 0. The Morgan fingerprint density at radius 2 is 1.07 bits per heavy atom. The first-order valence-corrected chi connectivity index (χ1v) is 3.12.